The van der Waals surface area contributed by atoms with E-state index in [1.165, 1.54) is 30.2 Å². The van der Waals surface area contributed by atoms with Crippen molar-refractivity contribution in [1.82, 2.24) is 14.8 Å². The summed E-state index contributed by atoms with van der Waals surface area (Å²) in [6.45, 7) is 3.92. The van der Waals surface area contributed by atoms with Gasteiger partial charge in [0.15, 0.2) is 0 Å². The van der Waals surface area contributed by atoms with Crippen LogP contribution in [-0.2, 0) is 23.1 Å². The Bertz CT molecular complexity index is 1200. The number of aromatic nitrogens is 1. The van der Waals surface area contributed by atoms with Crippen LogP contribution in [0, 0.1) is 13.8 Å². The predicted octanol–water partition coefficient (Wildman–Crippen LogP) is 3.70. The molecule has 170 valence electrons. The number of halogens is 1. The summed E-state index contributed by atoms with van der Waals surface area (Å²) < 4.78 is 38.9. The van der Waals surface area contributed by atoms with Gasteiger partial charge in [-0.2, -0.15) is 0 Å². The van der Waals surface area contributed by atoms with Gasteiger partial charge in [0.2, 0.25) is 10.0 Å². The summed E-state index contributed by atoms with van der Waals surface area (Å²) in [4.78, 5) is 14.3. The van der Waals surface area contributed by atoms with Crippen molar-refractivity contribution in [2.45, 2.75) is 31.8 Å². The molecule has 1 N–H and O–H groups in total. The zero-order chi connectivity index (χ0) is 23.5. The molecule has 8 nitrogen and oxygen atoms in total. The highest BCUT2D eigenvalue weighted by molar-refractivity contribution is 7.89. The number of hydrogen-bond acceptors (Lipinski definition) is 6. The molecular weight excluding hydrogens is 454 g/mol. The summed E-state index contributed by atoms with van der Waals surface area (Å²) in [5.41, 5.74) is 2.47. The fourth-order valence-corrected chi connectivity index (χ4v) is 4.47. The summed E-state index contributed by atoms with van der Waals surface area (Å²) >= 11 is 5.87. The van der Waals surface area contributed by atoms with Crippen molar-refractivity contribution in [3.05, 3.63) is 75.6 Å². The molecule has 0 radical (unpaired) electrons. The number of carbonyl (C=O) groups is 1. The van der Waals surface area contributed by atoms with Gasteiger partial charge in [-0.1, -0.05) is 28.9 Å². The summed E-state index contributed by atoms with van der Waals surface area (Å²) in [7, 11) is -0.956. The summed E-state index contributed by atoms with van der Waals surface area (Å²) in [5.74, 6) is 0.423. The zero-order valence-corrected chi connectivity index (χ0v) is 19.7. The predicted molar refractivity (Wildman–Crippen MR) is 120 cm³/mol. The maximum absolute atomic E-state index is 13.0. The van der Waals surface area contributed by atoms with Crippen LogP contribution < -0.4 is 9.46 Å². The monoisotopic (exact) mass is 477 g/mol. The smallest absolute Gasteiger partial charge is 0.253 e. The van der Waals surface area contributed by atoms with E-state index in [0.717, 1.165) is 11.1 Å². The van der Waals surface area contributed by atoms with Crippen LogP contribution in [0.1, 0.15) is 32.9 Å². The van der Waals surface area contributed by atoms with Gasteiger partial charge in [-0.15, -0.1) is 0 Å². The lowest BCUT2D eigenvalue weighted by Crippen LogP contribution is -2.28. The number of nitrogens with zero attached hydrogens (tertiary/aromatic N) is 2. The Morgan fingerprint density at radius 2 is 1.88 bits per heavy atom. The van der Waals surface area contributed by atoms with E-state index in [0.29, 0.717) is 16.5 Å². The fourth-order valence-electron chi connectivity index (χ4n) is 3.14. The molecule has 0 aliphatic carbocycles. The molecular formula is C22H24ClN3O5S. The number of amides is 1. The Hall–Kier alpha value is -2.88. The minimum atomic E-state index is -3.96. The number of hydrogen-bond donors (Lipinski definition) is 1. The molecule has 3 rings (SSSR count). The second-order valence-electron chi connectivity index (χ2n) is 7.28. The molecule has 0 spiro atoms. The summed E-state index contributed by atoms with van der Waals surface area (Å²) in [6, 6.07) is 11.1. The molecule has 1 heterocycles. The first-order chi connectivity index (χ1) is 15.1. The third-order valence-corrected chi connectivity index (χ3v) is 6.68. The number of rotatable bonds is 8. The van der Waals surface area contributed by atoms with Crippen LogP contribution in [0.15, 0.2) is 51.9 Å². The number of ether oxygens (including phenoxy) is 1. The Kier molecular flexibility index (Phi) is 7.22. The molecule has 0 bridgehead atoms. The van der Waals surface area contributed by atoms with Crippen LogP contribution in [-0.4, -0.2) is 38.5 Å². The van der Waals surface area contributed by atoms with Crippen molar-refractivity contribution in [1.29, 1.82) is 0 Å². The van der Waals surface area contributed by atoms with Crippen LogP contribution in [0.5, 0.6) is 5.75 Å². The second-order valence-corrected chi connectivity index (χ2v) is 9.45. The maximum atomic E-state index is 13.0. The Morgan fingerprint density at radius 3 is 2.47 bits per heavy atom. The van der Waals surface area contributed by atoms with Crippen molar-refractivity contribution >= 4 is 27.5 Å². The van der Waals surface area contributed by atoms with Crippen molar-refractivity contribution in [3.63, 3.8) is 0 Å². The first kappa shape index (κ1) is 23.8. The van der Waals surface area contributed by atoms with Crippen LogP contribution >= 0.6 is 11.6 Å². The molecule has 0 saturated carbocycles. The van der Waals surface area contributed by atoms with E-state index >= 15 is 0 Å². The Labute approximate surface area is 192 Å². The highest BCUT2D eigenvalue weighted by Gasteiger charge is 2.23. The Balaban J connectivity index is 1.83. The molecule has 10 heteroatoms. The average molecular weight is 478 g/mol. The van der Waals surface area contributed by atoms with E-state index in [1.54, 1.807) is 45.2 Å². The largest absolute Gasteiger partial charge is 0.495 e. The van der Waals surface area contributed by atoms with E-state index in [-0.39, 0.29) is 35.2 Å². The maximum Gasteiger partial charge on any atom is 0.253 e. The lowest BCUT2D eigenvalue weighted by atomic mass is 10.1. The number of sulfonamides is 1. The Morgan fingerprint density at radius 1 is 1.19 bits per heavy atom. The molecule has 0 unspecified atom stereocenters. The van der Waals surface area contributed by atoms with Gasteiger partial charge in [0.25, 0.3) is 5.91 Å². The highest BCUT2D eigenvalue weighted by Crippen LogP contribution is 2.26. The fraction of sp³-hybridized carbons (Fsp3) is 0.273. The third-order valence-electron chi connectivity index (χ3n) is 5.00. The van der Waals surface area contributed by atoms with Crippen molar-refractivity contribution in [3.8, 4) is 5.75 Å². The quantitative estimate of drug-likeness (QED) is 0.530. The van der Waals surface area contributed by atoms with Gasteiger partial charge < -0.3 is 14.2 Å². The molecule has 1 amide bonds. The van der Waals surface area contributed by atoms with E-state index < -0.39 is 10.0 Å². The van der Waals surface area contributed by atoms with E-state index in [9.17, 15) is 13.2 Å². The number of nitrogens with one attached hydrogen (secondary N) is 1. The topological polar surface area (TPSA) is 102 Å². The van der Waals surface area contributed by atoms with Gasteiger partial charge in [-0.3, -0.25) is 4.79 Å². The summed E-state index contributed by atoms with van der Waals surface area (Å²) in [6.07, 6.45) is 0. The second kappa shape index (κ2) is 9.72. The molecule has 0 aliphatic rings. The molecule has 0 saturated heterocycles. The highest BCUT2D eigenvalue weighted by atomic mass is 35.5. The van der Waals surface area contributed by atoms with Gasteiger partial charge in [0, 0.05) is 29.7 Å². The molecule has 0 fully saturated rings. The van der Waals surface area contributed by atoms with Crippen molar-refractivity contribution < 1.29 is 22.5 Å². The van der Waals surface area contributed by atoms with Gasteiger partial charge >= 0.3 is 0 Å². The third kappa shape index (κ3) is 5.29. The van der Waals surface area contributed by atoms with Crippen LogP contribution in [0.25, 0.3) is 0 Å². The standard InChI is InChI=1S/C22H24ClN3O5S/c1-14-19(15(2)31-25-14)13-26(3)22(27)17-7-10-20(30-4)21(11-17)32(28,29)24-12-16-5-8-18(23)9-6-16/h5-11,24H,12-13H2,1-4H3. The lowest BCUT2D eigenvalue weighted by molar-refractivity contribution is 0.0784. The first-order valence-electron chi connectivity index (χ1n) is 9.71. The SMILES string of the molecule is COc1ccc(C(=O)N(C)Cc2c(C)noc2C)cc1S(=O)(=O)NCc1ccc(Cl)cc1. The molecule has 0 atom stereocenters. The normalized spacial score (nSPS) is 11.4. The van der Waals surface area contributed by atoms with Gasteiger partial charge in [0.05, 0.1) is 19.3 Å². The van der Waals surface area contributed by atoms with Crippen molar-refractivity contribution in [2.24, 2.45) is 0 Å². The van der Waals surface area contributed by atoms with E-state index in [1.807, 2.05) is 0 Å². The molecule has 2 aromatic carbocycles. The lowest BCUT2D eigenvalue weighted by Gasteiger charge is -2.18. The minimum Gasteiger partial charge on any atom is -0.495 e. The number of carbonyl (C=O) groups excluding carboxylic acids is 1. The zero-order valence-electron chi connectivity index (χ0n) is 18.2. The van der Waals surface area contributed by atoms with E-state index in [2.05, 4.69) is 9.88 Å². The van der Waals surface area contributed by atoms with Crippen molar-refractivity contribution in [2.75, 3.05) is 14.2 Å². The van der Waals surface area contributed by atoms with Crippen LogP contribution in [0.4, 0.5) is 0 Å². The van der Waals surface area contributed by atoms with Gasteiger partial charge in [-0.25, -0.2) is 13.1 Å². The summed E-state index contributed by atoms with van der Waals surface area (Å²) in [5, 5.41) is 4.46. The van der Waals surface area contributed by atoms with Crippen LogP contribution in [0.3, 0.4) is 0 Å². The molecule has 1 aromatic heterocycles. The minimum absolute atomic E-state index is 0.0623. The molecule has 32 heavy (non-hydrogen) atoms. The van der Waals surface area contributed by atoms with E-state index in [4.69, 9.17) is 20.9 Å². The number of methoxy groups -OCH3 is 1. The number of benzene rings is 2. The van der Waals surface area contributed by atoms with Gasteiger partial charge in [-0.05, 0) is 49.7 Å². The van der Waals surface area contributed by atoms with Crippen LogP contribution in [0.2, 0.25) is 5.02 Å². The number of aryl methyl sites for hydroxylation is 2. The molecule has 3 aromatic rings. The molecule has 0 aliphatic heterocycles. The first-order valence-corrected chi connectivity index (χ1v) is 11.6. The average Bonchev–Trinajstić information content (AvgIpc) is 3.09. The van der Waals surface area contributed by atoms with Gasteiger partial charge in [0.1, 0.15) is 16.4 Å².